The summed E-state index contributed by atoms with van der Waals surface area (Å²) in [4.78, 5) is 0. The van der Waals surface area contributed by atoms with E-state index < -0.39 is 10.0 Å². The van der Waals surface area contributed by atoms with Gasteiger partial charge in [-0.15, -0.1) is 0 Å². The quantitative estimate of drug-likeness (QED) is 0.842. The topological polar surface area (TPSA) is 67.2 Å². The van der Waals surface area contributed by atoms with E-state index in [-0.39, 0.29) is 0 Å². The highest BCUT2D eigenvalue weighted by Crippen LogP contribution is 2.21. The summed E-state index contributed by atoms with van der Waals surface area (Å²) < 4.78 is 27.6. The normalized spacial score (nSPS) is 18.3. The molecule has 8 heteroatoms. The average Bonchev–Trinajstić information content (AvgIpc) is 2.71. The summed E-state index contributed by atoms with van der Waals surface area (Å²) in [7, 11) is -3.05. The Bertz CT molecular complexity index is 592. The lowest BCUT2D eigenvalue weighted by Crippen LogP contribution is -2.44. The first kappa shape index (κ1) is 16.9. The van der Waals surface area contributed by atoms with Crippen molar-refractivity contribution in [2.75, 3.05) is 19.3 Å². The van der Waals surface area contributed by atoms with Gasteiger partial charge in [-0.2, -0.15) is 5.10 Å². The Morgan fingerprint density at radius 1 is 1.38 bits per heavy atom. The summed E-state index contributed by atoms with van der Waals surface area (Å²) >= 11 is 3.59. The van der Waals surface area contributed by atoms with Crippen LogP contribution in [0.4, 0.5) is 0 Å². The van der Waals surface area contributed by atoms with Crippen molar-refractivity contribution < 1.29 is 8.42 Å². The van der Waals surface area contributed by atoms with Gasteiger partial charge in [-0.3, -0.25) is 4.68 Å². The maximum atomic E-state index is 11.5. The zero-order valence-electron chi connectivity index (χ0n) is 12.8. The monoisotopic (exact) mass is 378 g/mol. The first-order valence-electron chi connectivity index (χ1n) is 7.23. The number of halogens is 1. The minimum absolute atomic E-state index is 0.357. The molecule has 6 nitrogen and oxygen atoms in total. The molecule has 1 fully saturated rings. The third-order valence-corrected chi connectivity index (χ3v) is 6.27. The molecule has 0 atom stereocenters. The number of sulfonamides is 1. The lowest BCUT2D eigenvalue weighted by Gasteiger charge is -2.30. The zero-order valence-corrected chi connectivity index (χ0v) is 15.2. The third-order valence-electron chi connectivity index (χ3n) is 3.93. The van der Waals surface area contributed by atoms with E-state index in [0.29, 0.717) is 19.1 Å². The number of rotatable bonds is 5. The molecule has 1 aromatic heterocycles. The van der Waals surface area contributed by atoms with E-state index in [4.69, 9.17) is 0 Å². The molecular weight excluding hydrogens is 356 g/mol. The van der Waals surface area contributed by atoms with Gasteiger partial charge in [0.15, 0.2) is 0 Å². The fraction of sp³-hybridized carbons (Fsp3) is 0.769. The van der Waals surface area contributed by atoms with E-state index in [1.807, 2.05) is 11.6 Å². The van der Waals surface area contributed by atoms with Gasteiger partial charge in [0.05, 0.1) is 22.1 Å². The lowest BCUT2D eigenvalue weighted by molar-refractivity contribution is 0.288. The number of aromatic nitrogens is 2. The van der Waals surface area contributed by atoms with Crippen LogP contribution in [0.3, 0.4) is 0 Å². The van der Waals surface area contributed by atoms with Crippen molar-refractivity contribution >= 4 is 26.0 Å². The Labute approximate surface area is 135 Å². The first-order valence-corrected chi connectivity index (χ1v) is 9.87. The second-order valence-electron chi connectivity index (χ2n) is 5.48. The highest BCUT2D eigenvalue weighted by atomic mass is 79.9. The van der Waals surface area contributed by atoms with Crippen LogP contribution in [0.15, 0.2) is 4.47 Å². The Morgan fingerprint density at radius 3 is 2.52 bits per heavy atom. The second-order valence-corrected chi connectivity index (χ2v) is 8.25. The molecule has 0 saturated carbocycles. The van der Waals surface area contributed by atoms with E-state index in [0.717, 1.165) is 41.8 Å². The second kappa shape index (κ2) is 6.76. The summed E-state index contributed by atoms with van der Waals surface area (Å²) in [5, 5.41) is 8.01. The molecule has 0 aromatic carbocycles. The van der Waals surface area contributed by atoms with Crippen molar-refractivity contribution in [2.45, 2.75) is 45.8 Å². The summed E-state index contributed by atoms with van der Waals surface area (Å²) in [6.07, 6.45) is 2.98. The fourth-order valence-electron chi connectivity index (χ4n) is 2.67. The number of aryl methyl sites for hydroxylation is 2. The van der Waals surface area contributed by atoms with E-state index in [2.05, 4.69) is 33.3 Å². The predicted octanol–water partition coefficient (Wildman–Crippen LogP) is 1.49. The van der Waals surface area contributed by atoms with Gasteiger partial charge in [0.2, 0.25) is 10.0 Å². The highest BCUT2D eigenvalue weighted by Gasteiger charge is 2.25. The molecule has 0 spiro atoms. The van der Waals surface area contributed by atoms with Gasteiger partial charge in [-0.25, -0.2) is 12.7 Å². The molecule has 0 radical (unpaired) electrons. The van der Waals surface area contributed by atoms with Crippen LogP contribution in [0.25, 0.3) is 0 Å². The van der Waals surface area contributed by atoms with Crippen LogP contribution in [0.5, 0.6) is 0 Å². The van der Waals surface area contributed by atoms with Crippen LogP contribution in [-0.4, -0.2) is 47.9 Å². The Hall–Kier alpha value is -0.440. The van der Waals surface area contributed by atoms with E-state index in [9.17, 15) is 8.42 Å². The number of hydrogen-bond acceptors (Lipinski definition) is 4. The minimum atomic E-state index is -3.05. The van der Waals surface area contributed by atoms with Crippen molar-refractivity contribution in [1.29, 1.82) is 0 Å². The predicted molar refractivity (Wildman–Crippen MR) is 86.6 cm³/mol. The van der Waals surface area contributed by atoms with Crippen LogP contribution < -0.4 is 5.32 Å². The average molecular weight is 379 g/mol. The molecule has 2 rings (SSSR count). The van der Waals surface area contributed by atoms with Crippen molar-refractivity contribution in [2.24, 2.45) is 0 Å². The molecule has 1 aromatic rings. The smallest absolute Gasteiger partial charge is 0.211 e. The number of piperidine rings is 1. The van der Waals surface area contributed by atoms with Gasteiger partial charge >= 0.3 is 0 Å². The Balaban J connectivity index is 1.91. The van der Waals surface area contributed by atoms with Gasteiger partial charge in [0.25, 0.3) is 0 Å². The zero-order chi connectivity index (χ0) is 15.6. The minimum Gasteiger partial charge on any atom is -0.308 e. The van der Waals surface area contributed by atoms with Gasteiger partial charge in [-0.05, 0) is 42.6 Å². The Morgan fingerprint density at radius 2 is 2.00 bits per heavy atom. The third kappa shape index (κ3) is 4.06. The largest absolute Gasteiger partial charge is 0.308 e. The van der Waals surface area contributed by atoms with Gasteiger partial charge in [0.1, 0.15) is 0 Å². The summed E-state index contributed by atoms with van der Waals surface area (Å²) in [5.41, 5.74) is 2.15. The molecule has 1 aliphatic rings. The summed E-state index contributed by atoms with van der Waals surface area (Å²) in [6, 6.07) is 0.357. The molecule has 120 valence electrons. The van der Waals surface area contributed by atoms with E-state index in [1.165, 1.54) is 6.26 Å². The molecule has 2 heterocycles. The molecule has 1 N–H and O–H groups in total. The molecule has 0 unspecified atom stereocenters. The maximum Gasteiger partial charge on any atom is 0.211 e. The molecule has 0 bridgehead atoms. The van der Waals surface area contributed by atoms with Crippen molar-refractivity contribution in [3.8, 4) is 0 Å². The maximum absolute atomic E-state index is 11.5. The van der Waals surface area contributed by atoms with Crippen molar-refractivity contribution in [3.05, 3.63) is 15.9 Å². The first-order chi connectivity index (χ1) is 9.82. The van der Waals surface area contributed by atoms with Crippen LogP contribution >= 0.6 is 15.9 Å². The molecule has 1 saturated heterocycles. The number of nitrogens with zero attached hydrogens (tertiary/aromatic N) is 3. The highest BCUT2D eigenvalue weighted by molar-refractivity contribution is 9.10. The van der Waals surface area contributed by atoms with Gasteiger partial charge < -0.3 is 5.32 Å². The molecule has 0 amide bonds. The molecule has 1 aliphatic heterocycles. The number of nitrogens with one attached hydrogen (secondary N) is 1. The van der Waals surface area contributed by atoms with Gasteiger partial charge in [-0.1, -0.05) is 0 Å². The summed E-state index contributed by atoms with van der Waals surface area (Å²) in [6.45, 7) is 6.86. The number of hydrogen-bond donors (Lipinski definition) is 1. The van der Waals surface area contributed by atoms with E-state index in [1.54, 1.807) is 4.31 Å². The molecular formula is C13H23BrN4O2S. The van der Waals surface area contributed by atoms with Crippen LogP contribution in [-0.2, 0) is 23.1 Å². The Kier molecular flexibility index (Phi) is 5.45. The van der Waals surface area contributed by atoms with Crippen molar-refractivity contribution in [3.63, 3.8) is 0 Å². The summed E-state index contributed by atoms with van der Waals surface area (Å²) in [5.74, 6) is 0. The lowest BCUT2D eigenvalue weighted by atomic mass is 10.1. The molecule has 21 heavy (non-hydrogen) atoms. The van der Waals surface area contributed by atoms with Crippen LogP contribution in [0.1, 0.15) is 31.2 Å². The standard InChI is InChI=1S/C13H23BrN4O2S/c1-4-18-12(13(14)10(2)16-18)9-15-11-5-7-17(8-6-11)21(3,19)20/h11,15H,4-9H2,1-3H3. The molecule has 0 aliphatic carbocycles. The van der Waals surface area contributed by atoms with E-state index >= 15 is 0 Å². The van der Waals surface area contributed by atoms with Crippen molar-refractivity contribution in [1.82, 2.24) is 19.4 Å². The van der Waals surface area contributed by atoms with Crippen LogP contribution in [0, 0.1) is 6.92 Å². The van der Waals surface area contributed by atoms with Gasteiger partial charge in [0, 0.05) is 32.2 Å². The van der Waals surface area contributed by atoms with Crippen LogP contribution in [0.2, 0.25) is 0 Å². The fourth-order valence-corrected chi connectivity index (χ4v) is 3.97. The SMILES string of the molecule is CCn1nc(C)c(Br)c1CNC1CCN(S(C)(=O)=O)CC1.